The molecule has 0 amide bonds. The van der Waals surface area contributed by atoms with Crippen LogP contribution in [0.25, 0.3) is 0 Å². The Labute approximate surface area is 65.6 Å². The average Bonchev–Trinajstić information content (AvgIpc) is 2.30. The number of nitrogens with two attached hydrogens (primary N) is 1. The van der Waals surface area contributed by atoms with Gasteiger partial charge in [-0.3, -0.25) is 0 Å². The molecular weight excluding hydrogens is 146 g/mol. The van der Waals surface area contributed by atoms with Gasteiger partial charge in [-0.05, 0) is 6.42 Å². The van der Waals surface area contributed by atoms with Crippen molar-refractivity contribution in [1.29, 1.82) is 0 Å². The maximum absolute atomic E-state index is 9.36. The summed E-state index contributed by atoms with van der Waals surface area (Å²) in [6.07, 6.45) is -0.0350. The van der Waals surface area contributed by atoms with Gasteiger partial charge in [-0.2, -0.15) is 0 Å². The fourth-order valence-corrected chi connectivity index (χ4v) is 1.66. The van der Waals surface area contributed by atoms with E-state index in [1.807, 2.05) is 0 Å². The molecule has 0 aromatic carbocycles. The molecule has 4 nitrogen and oxygen atoms in total. The van der Waals surface area contributed by atoms with Crippen LogP contribution in [0, 0.1) is 11.8 Å². The van der Waals surface area contributed by atoms with Crippen molar-refractivity contribution in [2.24, 2.45) is 17.6 Å². The Morgan fingerprint density at radius 1 is 1.18 bits per heavy atom. The molecule has 0 heterocycles. The maximum atomic E-state index is 9.36. The van der Waals surface area contributed by atoms with Crippen molar-refractivity contribution >= 4 is 0 Å². The monoisotopic (exact) mass is 161 g/mol. The van der Waals surface area contributed by atoms with Crippen LogP contribution in [0.3, 0.4) is 0 Å². The van der Waals surface area contributed by atoms with Gasteiger partial charge in [0.15, 0.2) is 0 Å². The summed E-state index contributed by atoms with van der Waals surface area (Å²) < 4.78 is 0. The Morgan fingerprint density at radius 3 is 2.00 bits per heavy atom. The third kappa shape index (κ3) is 1.54. The third-order valence-corrected chi connectivity index (χ3v) is 2.50. The van der Waals surface area contributed by atoms with Gasteiger partial charge in [0.1, 0.15) is 0 Å². The molecule has 1 fully saturated rings. The maximum Gasteiger partial charge on any atom is 0.0744 e. The van der Waals surface area contributed by atoms with Crippen LogP contribution in [0.15, 0.2) is 0 Å². The summed E-state index contributed by atoms with van der Waals surface area (Å²) in [6.45, 7) is -0.0555. The summed E-state index contributed by atoms with van der Waals surface area (Å²) in [4.78, 5) is 0. The van der Waals surface area contributed by atoms with Crippen molar-refractivity contribution in [1.82, 2.24) is 0 Å². The first-order chi connectivity index (χ1) is 5.20. The van der Waals surface area contributed by atoms with Gasteiger partial charge in [0, 0.05) is 31.1 Å². The molecule has 0 unspecified atom stereocenters. The zero-order chi connectivity index (χ0) is 8.43. The molecule has 5 N–H and O–H groups in total. The van der Waals surface area contributed by atoms with Gasteiger partial charge in [0.2, 0.25) is 0 Å². The van der Waals surface area contributed by atoms with Crippen molar-refractivity contribution < 1.29 is 15.3 Å². The predicted octanol–water partition coefficient (Wildman–Crippen LogP) is -1.70. The first kappa shape index (κ1) is 8.93. The van der Waals surface area contributed by atoms with Crippen molar-refractivity contribution in [2.75, 3.05) is 13.2 Å². The smallest absolute Gasteiger partial charge is 0.0744 e. The van der Waals surface area contributed by atoms with Gasteiger partial charge in [0.25, 0.3) is 0 Å². The molecule has 1 rings (SSSR count). The summed E-state index contributed by atoms with van der Waals surface area (Å²) >= 11 is 0. The fraction of sp³-hybridized carbons (Fsp3) is 1.00. The summed E-state index contributed by atoms with van der Waals surface area (Å²) in [5.41, 5.74) is 5.58. The predicted molar refractivity (Wildman–Crippen MR) is 39.8 cm³/mol. The van der Waals surface area contributed by atoms with Crippen LogP contribution < -0.4 is 5.73 Å². The Bertz CT molecular complexity index is 113. The highest BCUT2D eigenvalue weighted by Crippen LogP contribution is 2.29. The van der Waals surface area contributed by atoms with E-state index in [2.05, 4.69) is 0 Å². The first-order valence-corrected chi connectivity index (χ1v) is 3.86. The molecule has 0 aliphatic heterocycles. The summed E-state index contributed by atoms with van der Waals surface area (Å²) in [5.74, 6) is -0.204. The van der Waals surface area contributed by atoms with Crippen LogP contribution in [0.5, 0.6) is 0 Å². The quantitative estimate of drug-likeness (QED) is 0.388. The Morgan fingerprint density at radius 2 is 1.73 bits per heavy atom. The van der Waals surface area contributed by atoms with Crippen LogP contribution in [-0.2, 0) is 0 Å². The molecule has 0 aromatic rings. The number of aliphatic hydroxyl groups excluding tert-OH is 3. The van der Waals surface area contributed by atoms with Crippen LogP contribution in [0.2, 0.25) is 0 Å². The highest BCUT2D eigenvalue weighted by Gasteiger charge is 2.39. The second-order valence-corrected chi connectivity index (χ2v) is 3.19. The summed E-state index contributed by atoms with van der Waals surface area (Å²) in [7, 11) is 0. The number of rotatable bonds is 2. The highest BCUT2D eigenvalue weighted by atomic mass is 16.3. The lowest BCUT2D eigenvalue weighted by Gasteiger charge is -2.15. The van der Waals surface area contributed by atoms with Gasteiger partial charge in [-0.15, -0.1) is 0 Å². The van der Waals surface area contributed by atoms with E-state index in [1.54, 1.807) is 0 Å². The van der Waals surface area contributed by atoms with E-state index in [1.165, 1.54) is 0 Å². The molecule has 1 aliphatic rings. The zero-order valence-electron chi connectivity index (χ0n) is 6.35. The Kier molecular flexibility index (Phi) is 2.84. The molecule has 4 atom stereocenters. The van der Waals surface area contributed by atoms with Crippen LogP contribution in [0.1, 0.15) is 6.42 Å². The largest absolute Gasteiger partial charge is 0.396 e. The molecule has 66 valence electrons. The molecular formula is C7H15NO3. The molecule has 0 spiro atoms. The third-order valence-electron chi connectivity index (χ3n) is 2.50. The Hall–Kier alpha value is -0.160. The molecule has 1 saturated carbocycles. The van der Waals surface area contributed by atoms with E-state index in [-0.39, 0.29) is 31.1 Å². The van der Waals surface area contributed by atoms with Gasteiger partial charge >= 0.3 is 0 Å². The van der Waals surface area contributed by atoms with Crippen LogP contribution in [0.4, 0.5) is 0 Å². The highest BCUT2D eigenvalue weighted by molar-refractivity contribution is 4.93. The number of aliphatic hydroxyl groups is 3. The second-order valence-electron chi connectivity index (χ2n) is 3.19. The molecule has 11 heavy (non-hydrogen) atoms. The molecule has 0 aromatic heterocycles. The van der Waals surface area contributed by atoms with Crippen molar-refractivity contribution in [3.05, 3.63) is 0 Å². The van der Waals surface area contributed by atoms with E-state index in [9.17, 15) is 5.11 Å². The topological polar surface area (TPSA) is 86.7 Å². The van der Waals surface area contributed by atoms with Crippen molar-refractivity contribution in [3.8, 4) is 0 Å². The molecule has 0 saturated heterocycles. The minimum absolute atomic E-state index is 0.00523. The SMILES string of the molecule is N[C@@H]1[C@H](CO)C[C@@H](CO)[C@H]1O. The minimum Gasteiger partial charge on any atom is -0.396 e. The number of hydrogen-bond acceptors (Lipinski definition) is 4. The minimum atomic E-state index is -0.655. The van der Waals surface area contributed by atoms with Crippen LogP contribution >= 0.6 is 0 Å². The summed E-state index contributed by atoms with van der Waals surface area (Å²) in [5, 5.41) is 26.9. The standard InChI is InChI=1S/C7H15NO3/c8-6-4(2-9)1-5(3-10)7(6)11/h4-7,9-11H,1-3,8H2/t4-,5-,6+,7+/m0/s1. The first-order valence-electron chi connectivity index (χ1n) is 3.86. The van der Waals surface area contributed by atoms with Gasteiger partial charge < -0.3 is 21.1 Å². The summed E-state index contributed by atoms with van der Waals surface area (Å²) in [6, 6.07) is -0.378. The molecule has 4 heteroatoms. The second kappa shape index (κ2) is 3.49. The van der Waals surface area contributed by atoms with E-state index in [4.69, 9.17) is 15.9 Å². The van der Waals surface area contributed by atoms with Gasteiger partial charge in [-0.25, -0.2) is 0 Å². The normalized spacial score (nSPS) is 44.7. The number of hydrogen-bond donors (Lipinski definition) is 4. The van der Waals surface area contributed by atoms with Crippen molar-refractivity contribution in [2.45, 2.75) is 18.6 Å². The van der Waals surface area contributed by atoms with E-state index in [0.717, 1.165) is 0 Å². The molecule has 0 radical (unpaired) electrons. The van der Waals surface area contributed by atoms with Gasteiger partial charge in [0.05, 0.1) is 6.10 Å². The lowest BCUT2D eigenvalue weighted by molar-refractivity contribution is 0.0785. The lowest BCUT2D eigenvalue weighted by Crippen LogP contribution is -2.38. The van der Waals surface area contributed by atoms with Crippen LogP contribution in [-0.4, -0.2) is 40.7 Å². The van der Waals surface area contributed by atoms with Crippen molar-refractivity contribution in [3.63, 3.8) is 0 Å². The average molecular weight is 161 g/mol. The zero-order valence-corrected chi connectivity index (χ0v) is 6.35. The molecule has 1 aliphatic carbocycles. The van der Waals surface area contributed by atoms with E-state index < -0.39 is 6.10 Å². The Balaban J connectivity index is 2.53. The molecule has 0 bridgehead atoms. The van der Waals surface area contributed by atoms with Gasteiger partial charge in [-0.1, -0.05) is 0 Å². The lowest BCUT2D eigenvalue weighted by atomic mass is 10.1. The fourth-order valence-electron chi connectivity index (χ4n) is 1.66. The van der Waals surface area contributed by atoms with E-state index in [0.29, 0.717) is 6.42 Å². The van der Waals surface area contributed by atoms with E-state index >= 15 is 0 Å².